The topological polar surface area (TPSA) is 98.7 Å². The molecule has 2 unspecified atom stereocenters. The van der Waals surface area contributed by atoms with Crippen molar-refractivity contribution < 1.29 is 19.8 Å². The molecule has 0 heterocycles. The Balaban J connectivity index is 5.39. The van der Waals surface area contributed by atoms with Crippen molar-refractivity contribution in [3.05, 3.63) is 0 Å². The zero-order chi connectivity index (χ0) is 22.1. The molecule has 2 amide bonds. The molecular formula is C22H44N2O4. The van der Waals surface area contributed by atoms with Gasteiger partial charge in [0.15, 0.2) is 0 Å². The first-order valence-corrected chi connectivity index (χ1v) is 10.9. The lowest BCUT2D eigenvalue weighted by molar-refractivity contribution is -0.143. The Morgan fingerprint density at radius 3 is 1.11 bits per heavy atom. The molecule has 2 atom stereocenters. The number of hydrogen-bond donors (Lipinski definition) is 4. The van der Waals surface area contributed by atoms with Crippen molar-refractivity contribution in [3.63, 3.8) is 0 Å². The van der Waals surface area contributed by atoms with Gasteiger partial charge in [-0.05, 0) is 50.4 Å². The fraction of sp³-hybridized carbons (Fsp3) is 0.909. The van der Waals surface area contributed by atoms with Crippen LogP contribution in [0.3, 0.4) is 0 Å². The third-order valence-electron chi connectivity index (χ3n) is 5.98. The Labute approximate surface area is 171 Å². The highest BCUT2D eigenvalue weighted by atomic mass is 16.3. The summed E-state index contributed by atoms with van der Waals surface area (Å²) in [5, 5.41) is 27.3. The third-order valence-corrected chi connectivity index (χ3v) is 5.98. The van der Waals surface area contributed by atoms with Crippen molar-refractivity contribution in [1.29, 1.82) is 0 Å². The van der Waals surface area contributed by atoms with E-state index in [-0.39, 0.29) is 11.8 Å². The number of nitrogens with one attached hydrogen (secondary N) is 2. The molecule has 0 saturated heterocycles. The van der Waals surface area contributed by atoms with Crippen LogP contribution in [-0.4, -0.2) is 45.3 Å². The predicted molar refractivity (Wildman–Crippen MR) is 114 cm³/mol. The third kappa shape index (κ3) is 7.70. The molecule has 28 heavy (non-hydrogen) atoms. The average molecular weight is 401 g/mol. The van der Waals surface area contributed by atoms with Crippen molar-refractivity contribution in [2.45, 2.75) is 117 Å². The van der Waals surface area contributed by atoms with Crippen molar-refractivity contribution in [2.75, 3.05) is 0 Å². The largest absolute Gasteiger partial charge is 0.388 e. The van der Waals surface area contributed by atoms with Crippen LogP contribution in [0.1, 0.15) is 93.9 Å². The van der Waals surface area contributed by atoms with Gasteiger partial charge in [-0.15, -0.1) is 0 Å². The van der Waals surface area contributed by atoms with E-state index in [9.17, 15) is 19.8 Å². The van der Waals surface area contributed by atoms with Gasteiger partial charge in [0.1, 0.15) is 0 Å². The molecule has 0 aromatic carbocycles. The Kier molecular flexibility index (Phi) is 11.3. The summed E-state index contributed by atoms with van der Waals surface area (Å²) in [4.78, 5) is 25.2. The maximum atomic E-state index is 12.6. The van der Waals surface area contributed by atoms with Gasteiger partial charge in [0.05, 0.1) is 23.3 Å². The second-order valence-corrected chi connectivity index (χ2v) is 8.93. The number of aliphatic hydroxyl groups is 2. The number of carbonyl (C=O) groups excluding carboxylic acids is 2. The standard InChI is InChI=1S/C22H44N2O4/c1-9-21(27,10-2)17(13-15(5)6)23-19(25)20(26)24-18(14-16(7)8)22(28,11-3)12-4/h15-18,27-28H,9-14H2,1-8H3,(H,23,25)(H,24,26). The lowest BCUT2D eigenvalue weighted by Crippen LogP contribution is -2.59. The zero-order valence-electron chi connectivity index (χ0n) is 19.3. The highest BCUT2D eigenvalue weighted by Crippen LogP contribution is 2.26. The summed E-state index contributed by atoms with van der Waals surface area (Å²) in [5.41, 5.74) is -2.10. The monoisotopic (exact) mass is 400 g/mol. The van der Waals surface area contributed by atoms with E-state index in [0.29, 0.717) is 38.5 Å². The minimum Gasteiger partial charge on any atom is -0.388 e. The van der Waals surface area contributed by atoms with E-state index >= 15 is 0 Å². The van der Waals surface area contributed by atoms with Gasteiger partial charge in [-0.25, -0.2) is 0 Å². The number of hydrogen-bond acceptors (Lipinski definition) is 4. The molecule has 0 aromatic rings. The fourth-order valence-corrected chi connectivity index (χ4v) is 3.70. The normalized spacial score (nSPS) is 14.9. The molecule has 0 spiro atoms. The highest BCUT2D eigenvalue weighted by Gasteiger charge is 2.38. The molecule has 166 valence electrons. The average Bonchev–Trinajstić information content (AvgIpc) is 2.64. The van der Waals surface area contributed by atoms with Crippen LogP contribution in [0.15, 0.2) is 0 Å². The fourth-order valence-electron chi connectivity index (χ4n) is 3.70. The second-order valence-electron chi connectivity index (χ2n) is 8.93. The minimum atomic E-state index is -1.05. The number of carbonyl (C=O) groups is 2. The molecule has 0 bridgehead atoms. The summed E-state index contributed by atoms with van der Waals surface area (Å²) in [6, 6.07) is -0.999. The van der Waals surface area contributed by atoms with Crippen molar-refractivity contribution in [1.82, 2.24) is 10.6 Å². The van der Waals surface area contributed by atoms with Crippen LogP contribution in [0.2, 0.25) is 0 Å². The predicted octanol–water partition coefficient (Wildman–Crippen LogP) is 3.15. The molecule has 6 nitrogen and oxygen atoms in total. The van der Waals surface area contributed by atoms with E-state index in [1.165, 1.54) is 0 Å². The van der Waals surface area contributed by atoms with E-state index in [1.54, 1.807) is 0 Å². The molecule has 0 fully saturated rings. The Hall–Kier alpha value is -1.14. The van der Waals surface area contributed by atoms with Crippen molar-refractivity contribution in [2.24, 2.45) is 11.8 Å². The SMILES string of the molecule is CCC(O)(CC)C(CC(C)C)NC(=O)C(=O)NC(CC(C)C)C(O)(CC)CC. The van der Waals surface area contributed by atoms with Gasteiger partial charge in [0.25, 0.3) is 0 Å². The Morgan fingerprint density at radius 1 is 0.679 bits per heavy atom. The van der Waals surface area contributed by atoms with E-state index in [0.717, 1.165) is 0 Å². The first-order valence-electron chi connectivity index (χ1n) is 10.9. The molecule has 0 rings (SSSR count). The summed E-state index contributed by atoms with van der Waals surface area (Å²) >= 11 is 0. The summed E-state index contributed by atoms with van der Waals surface area (Å²) in [6.07, 6.45) is 3.13. The molecule has 0 saturated carbocycles. The molecular weight excluding hydrogens is 356 g/mol. The maximum absolute atomic E-state index is 12.6. The van der Waals surface area contributed by atoms with Gasteiger partial charge in [-0.2, -0.15) is 0 Å². The Morgan fingerprint density at radius 2 is 0.929 bits per heavy atom. The van der Waals surface area contributed by atoms with Gasteiger partial charge in [0, 0.05) is 0 Å². The van der Waals surface area contributed by atoms with Crippen LogP contribution in [0.25, 0.3) is 0 Å². The number of rotatable bonds is 12. The van der Waals surface area contributed by atoms with Gasteiger partial charge >= 0.3 is 11.8 Å². The Bertz CT molecular complexity index is 439. The van der Waals surface area contributed by atoms with Gasteiger partial charge in [-0.1, -0.05) is 55.4 Å². The summed E-state index contributed by atoms with van der Waals surface area (Å²) in [6.45, 7) is 15.6. The van der Waals surface area contributed by atoms with Crippen LogP contribution in [0.5, 0.6) is 0 Å². The van der Waals surface area contributed by atoms with Gasteiger partial charge in [0.2, 0.25) is 0 Å². The minimum absolute atomic E-state index is 0.261. The summed E-state index contributed by atoms with van der Waals surface area (Å²) in [5.74, 6) is -0.988. The van der Waals surface area contributed by atoms with Crippen molar-refractivity contribution in [3.8, 4) is 0 Å². The van der Waals surface area contributed by atoms with E-state index in [2.05, 4.69) is 10.6 Å². The summed E-state index contributed by atoms with van der Waals surface area (Å²) < 4.78 is 0. The van der Waals surface area contributed by atoms with Gasteiger partial charge in [-0.3, -0.25) is 9.59 Å². The smallest absolute Gasteiger partial charge is 0.309 e. The molecule has 6 heteroatoms. The quantitative estimate of drug-likeness (QED) is 0.378. The molecule has 4 N–H and O–H groups in total. The van der Waals surface area contributed by atoms with E-state index in [4.69, 9.17) is 0 Å². The molecule has 0 aliphatic rings. The van der Waals surface area contributed by atoms with Crippen molar-refractivity contribution >= 4 is 11.8 Å². The molecule has 0 aromatic heterocycles. The maximum Gasteiger partial charge on any atom is 0.309 e. The van der Waals surface area contributed by atoms with Gasteiger partial charge < -0.3 is 20.8 Å². The lowest BCUT2D eigenvalue weighted by Gasteiger charge is -2.38. The summed E-state index contributed by atoms with van der Waals surface area (Å²) in [7, 11) is 0. The van der Waals surface area contributed by atoms with Crippen LogP contribution in [-0.2, 0) is 9.59 Å². The number of amides is 2. The second kappa shape index (κ2) is 11.8. The molecule has 0 radical (unpaired) electrons. The first-order chi connectivity index (χ1) is 12.9. The van der Waals surface area contributed by atoms with E-state index < -0.39 is 35.1 Å². The van der Waals surface area contributed by atoms with E-state index in [1.807, 2.05) is 55.4 Å². The molecule has 0 aliphatic heterocycles. The van der Waals surface area contributed by atoms with Crippen LogP contribution in [0.4, 0.5) is 0 Å². The molecule has 0 aliphatic carbocycles. The first kappa shape index (κ1) is 26.9. The lowest BCUT2D eigenvalue weighted by atomic mass is 9.83. The van der Waals surface area contributed by atoms with Crippen LogP contribution >= 0.6 is 0 Å². The zero-order valence-corrected chi connectivity index (χ0v) is 19.3. The van der Waals surface area contributed by atoms with Crippen LogP contribution < -0.4 is 10.6 Å². The van der Waals surface area contributed by atoms with Crippen LogP contribution in [0, 0.1) is 11.8 Å². The highest BCUT2D eigenvalue weighted by molar-refractivity contribution is 6.35.